The van der Waals surface area contributed by atoms with E-state index in [1.165, 1.54) is 12.1 Å². The van der Waals surface area contributed by atoms with Crippen molar-refractivity contribution < 1.29 is 38.5 Å². The van der Waals surface area contributed by atoms with E-state index in [1.807, 2.05) is 60.7 Å². The first-order valence-electron chi connectivity index (χ1n) is 19.8. The lowest BCUT2D eigenvalue weighted by Gasteiger charge is -2.45. The van der Waals surface area contributed by atoms with Gasteiger partial charge in [0.25, 0.3) is 0 Å². The number of piperidine rings is 1. The molecule has 3 saturated heterocycles. The van der Waals surface area contributed by atoms with E-state index in [4.69, 9.17) is 14.2 Å². The van der Waals surface area contributed by atoms with Crippen molar-refractivity contribution >= 4 is 34.3 Å². The second-order valence-corrected chi connectivity index (χ2v) is 16.1. The van der Waals surface area contributed by atoms with E-state index < -0.39 is 12.2 Å². The largest absolute Gasteiger partial charge is 0.506 e. The number of aliphatic hydroxyl groups excluding tert-OH is 1. The van der Waals surface area contributed by atoms with Crippen LogP contribution in [0.15, 0.2) is 95.8 Å². The number of phenols is 1. The van der Waals surface area contributed by atoms with Crippen LogP contribution in [0.2, 0.25) is 0 Å². The minimum atomic E-state index is -0.897. The third kappa shape index (κ3) is 8.16. The zero-order valence-electron chi connectivity index (χ0n) is 32.9. The van der Waals surface area contributed by atoms with E-state index in [0.29, 0.717) is 59.5 Å². The molecule has 4 heterocycles. The molecule has 58 heavy (non-hydrogen) atoms. The van der Waals surface area contributed by atoms with Crippen LogP contribution in [-0.2, 0) is 27.2 Å². The number of pyridine rings is 1. The van der Waals surface area contributed by atoms with Gasteiger partial charge >= 0.3 is 6.09 Å². The fourth-order valence-electron chi connectivity index (χ4n) is 8.94. The van der Waals surface area contributed by atoms with Gasteiger partial charge in [-0.25, -0.2) is 4.79 Å². The molecule has 0 spiro atoms. The Kier molecular flexibility index (Phi) is 11.0. The normalized spacial score (nSPS) is 21.8. The van der Waals surface area contributed by atoms with Crippen LogP contribution in [0.3, 0.4) is 0 Å². The number of quaternary nitrogens is 1. The molecule has 5 aromatic rings. The molecule has 0 saturated carbocycles. The highest BCUT2D eigenvalue weighted by Gasteiger charge is 2.70. The second-order valence-electron chi connectivity index (χ2n) is 16.1. The summed E-state index contributed by atoms with van der Waals surface area (Å²) >= 11 is 0. The number of aliphatic hydroxyl groups is 1. The molecule has 0 radical (unpaired) electrons. The van der Waals surface area contributed by atoms with Crippen molar-refractivity contribution in [2.75, 3.05) is 38.4 Å². The molecule has 4 aromatic carbocycles. The first-order valence-corrected chi connectivity index (χ1v) is 19.8. The third-order valence-corrected chi connectivity index (χ3v) is 12.1. The van der Waals surface area contributed by atoms with Crippen LogP contribution in [0, 0.1) is 0 Å². The number of nitrogens with zero attached hydrogens (tertiary/aromatic N) is 1. The molecule has 6 atom stereocenters. The minimum Gasteiger partial charge on any atom is -0.506 e. The predicted molar refractivity (Wildman–Crippen MR) is 221 cm³/mol. The van der Waals surface area contributed by atoms with E-state index in [2.05, 4.69) is 35.0 Å². The Balaban J connectivity index is 0.843. The fraction of sp³-hybridized carbons (Fsp3) is 0.356. The predicted octanol–water partition coefficient (Wildman–Crippen LogP) is 6.00. The van der Waals surface area contributed by atoms with Crippen LogP contribution in [0.25, 0.3) is 22.0 Å². The summed E-state index contributed by atoms with van der Waals surface area (Å²) in [6.07, 6.45) is 2.11. The number of benzene rings is 4. The van der Waals surface area contributed by atoms with Gasteiger partial charge in [-0.2, -0.15) is 0 Å². The number of hydrogen-bond donors (Lipinski definition) is 6. The highest BCUT2D eigenvalue weighted by molar-refractivity contribution is 5.93. The van der Waals surface area contributed by atoms with Gasteiger partial charge in [0.2, 0.25) is 11.5 Å². The number of hydrogen-bond acceptors (Lipinski definition) is 9. The van der Waals surface area contributed by atoms with Gasteiger partial charge in [0.15, 0.2) is 0 Å². The summed E-state index contributed by atoms with van der Waals surface area (Å²) in [6, 6.07) is 28.1. The molecule has 13 nitrogen and oxygen atoms in total. The number of aromatic hydroxyl groups is 1. The molecule has 3 aliphatic heterocycles. The monoisotopic (exact) mass is 788 g/mol. The number of ether oxygens (including phenoxy) is 3. The van der Waals surface area contributed by atoms with E-state index >= 15 is 0 Å². The number of phenolic OH excluding ortho intramolecular Hbond substituents is 1. The number of aromatic nitrogens is 1. The summed E-state index contributed by atoms with van der Waals surface area (Å²) in [7, 11) is 6.05. The maximum Gasteiger partial charge on any atom is 0.411 e. The summed E-state index contributed by atoms with van der Waals surface area (Å²) < 4.78 is 18.4. The number of epoxide rings is 1. The Morgan fingerprint density at radius 1 is 0.914 bits per heavy atom. The molecule has 3 aliphatic rings. The van der Waals surface area contributed by atoms with E-state index in [1.54, 1.807) is 25.3 Å². The number of carbonyl (C=O) groups excluding carboxylic acids is 2. The molecule has 1 aromatic heterocycles. The molecule has 0 aliphatic carbocycles. The molecule has 13 heteroatoms. The SMILES string of the molecule is COc1cc(CNC[C@H](O)c2ccc(O)c3[nH]c(=O)ccc23)ccc1NC(=O)CCCc1ccc(-c2ccccc2)c(NC(=O)OC2C[C@@H]3[C@H]4O[C@H]4[C@H](C2)[N+]3(C)C)c1. The Morgan fingerprint density at radius 2 is 1.67 bits per heavy atom. The molecule has 2 bridgehead atoms. The average molecular weight is 789 g/mol. The van der Waals surface area contributed by atoms with Crippen LogP contribution in [0.1, 0.15) is 48.5 Å². The van der Waals surface area contributed by atoms with Crippen molar-refractivity contribution in [2.24, 2.45) is 0 Å². The number of methoxy groups -OCH3 is 1. The Bertz CT molecular complexity index is 2360. The van der Waals surface area contributed by atoms with Gasteiger partial charge in [0, 0.05) is 49.4 Å². The molecule has 2 amide bonds. The van der Waals surface area contributed by atoms with Crippen LogP contribution < -0.4 is 26.2 Å². The highest BCUT2D eigenvalue weighted by Crippen LogP contribution is 2.51. The lowest BCUT2D eigenvalue weighted by molar-refractivity contribution is -0.938. The number of H-pyrrole nitrogens is 1. The molecule has 3 fully saturated rings. The first kappa shape index (κ1) is 39.1. The Hall–Kier alpha value is -5.73. The Labute approximate surface area is 336 Å². The minimum absolute atomic E-state index is 0.0657. The zero-order chi connectivity index (χ0) is 40.6. The average Bonchev–Trinajstić information content (AvgIpc) is 3.98. The number of aromatic amines is 1. The van der Waals surface area contributed by atoms with Gasteiger partial charge in [0.05, 0.1) is 44.2 Å². The smallest absolute Gasteiger partial charge is 0.411 e. The lowest BCUT2D eigenvalue weighted by atomic mass is 9.96. The number of morpholine rings is 1. The molecule has 6 N–H and O–H groups in total. The van der Waals surface area contributed by atoms with Gasteiger partial charge in [0.1, 0.15) is 41.9 Å². The number of carbonyl (C=O) groups is 2. The van der Waals surface area contributed by atoms with Crippen LogP contribution in [0.5, 0.6) is 11.5 Å². The molecule has 1 unspecified atom stereocenters. The zero-order valence-corrected chi connectivity index (χ0v) is 32.9. The fourth-order valence-corrected chi connectivity index (χ4v) is 8.94. The quantitative estimate of drug-likeness (QED) is 0.0583. The van der Waals surface area contributed by atoms with Crippen LogP contribution in [-0.4, -0.2) is 89.8 Å². The number of rotatable bonds is 14. The van der Waals surface area contributed by atoms with Crippen molar-refractivity contribution in [1.82, 2.24) is 10.3 Å². The summed E-state index contributed by atoms with van der Waals surface area (Å²) in [5.74, 6) is 0.294. The van der Waals surface area contributed by atoms with Gasteiger partial charge in [-0.1, -0.05) is 54.6 Å². The van der Waals surface area contributed by atoms with Crippen molar-refractivity contribution in [2.45, 2.75) is 75.1 Å². The molecule has 302 valence electrons. The number of likely N-dealkylation sites (N-methyl/N-ethyl adjacent to an activating group) is 1. The van der Waals surface area contributed by atoms with Crippen LogP contribution in [0.4, 0.5) is 16.2 Å². The maximum atomic E-state index is 13.3. The van der Waals surface area contributed by atoms with Crippen LogP contribution >= 0.6 is 0 Å². The summed E-state index contributed by atoms with van der Waals surface area (Å²) in [6.45, 7) is 0.633. The van der Waals surface area contributed by atoms with Gasteiger partial charge in [-0.15, -0.1) is 0 Å². The van der Waals surface area contributed by atoms with Gasteiger partial charge in [-0.05, 0) is 65.4 Å². The van der Waals surface area contributed by atoms with Gasteiger partial charge < -0.3 is 44.5 Å². The summed E-state index contributed by atoms with van der Waals surface area (Å²) in [5, 5.41) is 30.9. The number of amides is 2. The topological polar surface area (TPSA) is 175 Å². The van der Waals surface area contributed by atoms with Crippen molar-refractivity contribution in [1.29, 1.82) is 0 Å². The van der Waals surface area contributed by atoms with E-state index in [-0.39, 0.29) is 54.0 Å². The highest BCUT2D eigenvalue weighted by atomic mass is 16.6. The number of nitrogens with one attached hydrogen (secondary N) is 4. The number of fused-ring (bicyclic) bond motifs is 6. The molecular formula is C45H50N5O8+. The molecular weight excluding hydrogens is 739 g/mol. The number of aryl methyl sites for hydroxylation is 1. The third-order valence-electron chi connectivity index (χ3n) is 12.1. The summed E-state index contributed by atoms with van der Waals surface area (Å²) in [5.41, 5.74) is 5.47. The first-order chi connectivity index (χ1) is 28.0. The second kappa shape index (κ2) is 16.3. The standard InChI is InChI=1S/C45H49N5O8/c1-50(2)35-22-29(23-36(50)44-43(35)58-44)57-45(55)48-34-20-26(12-14-30(34)28-9-5-4-6-10-28)8-7-11-40(53)47-33-17-13-27(21-39(33)56-3)24-46-25-38(52)31-15-18-37(51)42-32(31)16-19-41(54)49-42/h4-6,9-10,12-21,29,35-36,38,43-44,46,52H,7-8,11,22-25H2,1-3H3,(H3-,47,48,49,51,53,54,55)/p+1/t29?,35-,36+,38-,43-,44+/m0/s1. The van der Waals surface area contributed by atoms with Gasteiger partial charge in [-0.3, -0.25) is 14.9 Å². The number of anilines is 2. The van der Waals surface area contributed by atoms with Crippen molar-refractivity contribution in [3.63, 3.8) is 0 Å². The van der Waals surface area contributed by atoms with Crippen molar-refractivity contribution in [3.05, 3.63) is 118 Å². The maximum absolute atomic E-state index is 13.3. The Morgan fingerprint density at radius 3 is 2.43 bits per heavy atom. The summed E-state index contributed by atoms with van der Waals surface area (Å²) in [4.78, 5) is 40.8. The van der Waals surface area contributed by atoms with E-state index in [9.17, 15) is 24.6 Å². The van der Waals surface area contributed by atoms with Crippen molar-refractivity contribution in [3.8, 4) is 22.6 Å². The molecule has 8 rings (SSSR count). The van der Waals surface area contributed by atoms with E-state index in [0.717, 1.165) is 39.6 Å². The lowest BCUT2D eigenvalue weighted by Crippen LogP contribution is -2.60.